The molecule has 2 fully saturated rings. The molecule has 1 aromatic rings. The third kappa shape index (κ3) is 3.59. The number of likely N-dealkylation sites (tertiary alicyclic amines) is 1. The molecule has 5 heteroatoms. The van der Waals surface area contributed by atoms with Gasteiger partial charge in [-0.15, -0.1) is 0 Å². The van der Waals surface area contributed by atoms with Crippen LogP contribution in [0.4, 0.5) is 10.5 Å². The number of anilines is 1. The zero-order chi connectivity index (χ0) is 18.9. The first-order valence-electron chi connectivity index (χ1n) is 11.1. The van der Waals surface area contributed by atoms with Crippen molar-refractivity contribution in [3.05, 3.63) is 39.8 Å². The number of nitrogens with zero attached hydrogens (tertiary/aromatic N) is 1. The minimum atomic E-state index is -0.0914. The highest BCUT2D eigenvalue weighted by atomic mass is 32.2. The van der Waals surface area contributed by atoms with E-state index < -0.39 is 0 Å². The molecule has 2 amide bonds. The Kier molecular flexibility index (Phi) is 5.38. The predicted molar refractivity (Wildman–Crippen MR) is 117 cm³/mol. The van der Waals surface area contributed by atoms with E-state index in [0.717, 1.165) is 37.4 Å². The normalized spacial score (nSPS) is 24.4. The molecule has 150 valence electrons. The topological polar surface area (TPSA) is 44.4 Å². The summed E-state index contributed by atoms with van der Waals surface area (Å²) < 4.78 is 2.97. The first-order chi connectivity index (χ1) is 13.8. The van der Waals surface area contributed by atoms with Crippen molar-refractivity contribution in [2.45, 2.75) is 82.7 Å². The molecule has 4 nitrogen and oxygen atoms in total. The number of hydrogen-bond donors (Lipinski definition) is 2. The molecule has 1 unspecified atom stereocenters. The van der Waals surface area contributed by atoms with Crippen molar-refractivity contribution in [2.24, 2.45) is 0 Å². The molecule has 4 aliphatic rings. The van der Waals surface area contributed by atoms with Crippen molar-refractivity contribution in [1.29, 1.82) is 0 Å². The molecule has 0 aromatic heterocycles. The fourth-order valence-electron chi connectivity index (χ4n) is 5.52. The van der Waals surface area contributed by atoms with Crippen molar-refractivity contribution in [3.63, 3.8) is 0 Å². The lowest BCUT2D eigenvalue weighted by Gasteiger charge is -2.37. The van der Waals surface area contributed by atoms with Crippen molar-refractivity contribution in [3.8, 4) is 0 Å². The summed E-state index contributed by atoms with van der Waals surface area (Å²) in [5.41, 5.74) is 6.81. The second-order valence-electron chi connectivity index (χ2n) is 8.77. The van der Waals surface area contributed by atoms with Crippen LogP contribution in [0.1, 0.15) is 67.2 Å². The largest absolute Gasteiger partial charge is 0.329 e. The fourth-order valence-corrected chi connectivity index (χ4v) is 6.00. The lowest BCUT2D eigenvalue weighted by Crippen LogP contribution is -2.42. The van der Waals surface area contributed by atoms with Gasteiger partial charge in [0.05, 0.1) is 0 Å². The molecule has 1 heterocycles. The minimum absolute atomic E-state index is 0.0914. The SMILES string of the molecule is O=C(NS/C=C/C1CCCN1C1CCC1)Nc1c2c(cc3c1CCC3)CCC2. The van der Waals surface area contributed by atoms with Gasteiger partial charge in [0.25, 0.3) is 0 Å². The number of carbonyl (C=O) groups is 1. The Hall–Kier alpha value is -1.46. The number of carbonyl (C=O) groups excluding carboxylic acids is 1. The van der Waals surface area contributed by atoms with Crippen LogP contribution >= 0.6 is 11.9 Å². The number of rotatable bonds is 5. The first kappa shape index (κ1) is 18.6. The quantitative estimate of drug-likeness (QED) is 0.690. The van der Waals surface area contributed by atoms with Crippen LogP contribution in [0.3, 0.4) is 0 Å². The van der Waals surface area contributed by atoms with Gasteiger partial charge < -0.3 is 5.32 Å². The van der Waals surface area contributed by atoms with E-state index in [1.165, 1.54) is 85.7 Å². The van der Waals surface area contributed by atoms with Gasteiger partial charge in [-0.2, -0.15) is 0 Å². The minimum Gasteiger partial charge on any atom is -0.307 e. The van der Waals surface area contributed by atoms with Gasteiger partial charge in [-0.05, 0) is 110 Å². The molecular formula is C23H31N3OS. The van der Waals surface area contributed by atoms with Gasteiger partial charge in [0, 0.05) is 17.8 Å². The standard InChI is InChI=1S/C23H31N3OS/c27-23(25-28-14-12-19-9-4-13-26(19)18-7-3-8-18)24-22-20-10-1-5-16(20)15-17-6-2-11-21(17)22/h12,14-15,18-19H,1-11,13H2,(H2,24,25,27)/b14-12+. The second kappa shape index (κ2) is 8.11. The van der Waals surface area contributed by atoms with E-state index in [1.807, 2.05) is 0 Å². The lowest BCUT2D eigenvalue weighted by molar-refractivity contribution is 0.133. The zero-order valence-electron chi connectivity index (χ0n) is 16.6. The van der Waals surface area contributed by atoms with Crippen molar-refractivity contribution in [2.75, 3.05) is 11.9 Å². The molecule has 2 N–H and O–H groups in total. The van der Waals surface area contributed by atoms with E-state index in [0.29, 0.717) is 6.04 Å². The van der Waals surface area contributed by atoms with Crippen LogP contribution in [0, 0.1) is 0 Å². The van der Waals surface area contributed by atoms with E-state index in [2.05, 4.69) is 32.5 Å². The molecule has 5 rings (SSSR count). The first-order valence-corrected chi connectivity index (χ1v) is 12.0. The number of nitrogens with one attached hydrogen (secondary N) is 2. The summed E-state index contributed by atoms with van der Waals surface area (Å²) in [4.78, 5) is 15.2. The molecule has 1 aromatic carbocycles. The number of benzene rings is 1. The van der Waals surface area contributed by atoms with Gasteiger partial charge in [-0.3, -0.25) is 9.62 Å². The maximum absolute atomic E-state index is 12.5. The van der Waals surface area contributed by atoms with Crippen LogP contribution in [0.2, 0.25) is 0 Å². The molecule has 1 saturated heterocycles. The molecule has 0 spiro atoms. The number of aryl methyl sites for hydroxylation is 2. The van der Waals surface area contributed by atoms with Crippen LogP contribution < -0.4 is 10.0 Å². The Morgan fingerprint density at radius 2 is 1.75 bits per heavy atom. The van der Waals surface area contributed by atoms with E-state index in [1.54, 1.807) is 0 Å². The smallest absolute Gasteiger partial charge is 0.307 e. The Balaban J connectivity index is 1.18. The summed E-state index contributed by atoms with van der Waals surface area (Å²) in [5.74, 6) is 0. The highest BCUT2D eigenvalue weighted by molar-refractivity contribution is 8.00. The Morgan fingerprint density at radius 1 is 1.00 bits per heavy atom. The Morgan fingerprint density at radius 3 is 2.43 bits per heavy atom. The predicted octanol–water partition coefficient (Wildman–Crippen LogP) is 4.96. The molecule has 28 heavy (non-hydrogen) atoms. The summed E-state index contributed by atoms with van der Waals surface area (Å²) in [7, 11) is 0. The summed E-state index contributed by atoms with van der Waals surface area (Å²) in [6.45, 7) is 1.24. The van der Waals surface area contributed by atoms with Crippen LogP contribution in [0.25, 0.3) is 0 Å². The van der Waals surface area contributed by atoms with Crippen LogP contribution in [0.5, 0.6) is 0 Å². The van der Waals surface area contributed by atoms with E-state index in [9.17, 15) is 4.79 Å². The molecule has 0 bridgehead atoms. The molecule has 1 aliphatic heterocycles. The Bertz CT molecular complexity index is 754. The lowest BCUT2D eigenvalue weighted by atomic mass is 9.91. The van der Waals surface area contributed by atoms with Gasteiger partial charge in [0.1, 0.15) is 0 Å². The van der Waals surface area contributed by atoms with Gasteiger partial charge in [0.15, 0.2) is 0 Å². The summed E-state index contributed by atoms with van der Waals surface area (Å²) in [6.07, 6.45) is 15.9. The Labute approximate surface area is 172 Å². The second-order valence-corrected chi connectivity index (χ2v) is 9.48. The fraction of sp³-hybridized carbons (Fsp3) is 0.609. The highest BCUT2D eigenvalue weighted by Gasteiger charge is 2.32. The molecule has 3 aliphatic carbocycles. The zero-order valence-corrected chi connectivity index (χ0v) is 17.5. The summed E-state index contributed by atoms with van der Waals surface area (Å²) in [6, 6.07) is 3.68. The van der Waals surface area contributed by atoms with Gasteiger partial charge in [-0.25, -0.2) is 4.79 Å². The third-order valence-electron chi connectivity index (χ3n) is 7.12. The van der Waals surface area contributed by atoms with Gasteiger partial charge in [0.2, 0.25) is 0 Å². The van der Waals surface area contributed by atoms with E-state index in [4.69, 9.17) is 0 Å². The molecule has 1 saturated carbocycles. The average molecular weight is 398 g/mol. The average Bonchev–Trinajstić information content (AvgIpc) is 3.37. The number of fused-ring (bicyclic) bond motifs is 2. The van der Waals surface area contributed by atoms with E-state index in [-0.39, 0.29) is 6.03 Å². The molecule has 0 radical (unpaired) electrons. The molecule has 1 atom stereocenters. The maximum atomic E-state index is 12.5. The van der Waals surface area contributed by atoms with E-state index >= 15 is 0 Å². The van der Waals surface area contributed by atoms with Crippen molar-refractivity contribution >= 4 is 23.7 Å². The highest BCUT2D eigenvalue weighted by Crippen LogP contribution is 2.38. The summed E-state index contributed by atoms with van der Waals surface area (Å²) in [5, 5.41) is 5.27. The van der Waals surface area contributed by atoms with Crippen LogP contribution in [-0.2, 0) is 25.7 Å². The van der Waals surface area contributed by atoms with Crippen molar-refractivity contribution in [1.82, 2.24) is 9.62 Å². The summed E-state index contributed by atoms with van der Waals surface area (Å²) >= 11 is 1.40. The maximum Gasteiger partial charge on any atom is 0.329 e. The van der Waals surface area contributed by atoms with Gasteiger partial charge in [-0.1, -0.05) is 18.6 Å². The molecular weight excluding hydrogens is 366 g/mol. The number of amides is 2. The number of hydrogen-bond acceptors (Lipinski definition) is 3. The van der Waals surface area contributed by atoms with Crippen LogP contribution in [0.15, 0.2) is 17.6 Å². The number of urea groups is 1. The monoisotopic (exact) mass is 397 g/mol. The third-order valence-corrected chi connectivity index (χ3v) is 7.71. The van der Waals surface area contributed by atoms with Gasteiger partial charge >= 0.3 is 6.03 Å². The van der Waals surface area contributed by atoms with Crippen LogP contribution in [-0.4, -0.2) is 29.6 Å². The van der Waals surface area contributed by atoms with Crippen molar-refractivity contribution < 1.29 is 4.79 Å².